The summed E-state index contributed by atoms with van der Waals surface area (Å²) in [6, 6.07) is 0.390. The molecule has 3 nitrogen and oxygen atoms in total. The maximum Gasteiger partial charge on any atom is 0.0945 e. The minimum Gasteiger partial charge on any atom is -0.377 e. The van der Waals surface area contributed by atoms with Gasteiger partial charge in [-0.1, -0.05) is 27.7 Å². The highest BCUT2D eigenvalue weighted by Gasteiger charge is 2.37. The molecule has 2 unspecified atom stereocenters. The summed E-state index contributed by atoms with van der Waals surface area (Å²) >= 11 is 1.79. The smallest absolute Gasteiger partial charge is 0.0945 e. The molecule has 1 N–H and O–H groups in total. The van der Waals surface area contributed by atoms with Gasteiger partial charge >= 0.3 is 0 Å². The van der Waals surface area contributed by atoms with Gasteiger partial charge in [0.1, 0.15) is 0 Å². The van der Waals surface area contributed by atoms with Gasteiger partial charge in [0.25, 0.3) is 0 Å². The number of hydrogen-bond acceptors (Lipinski definition) is 4. The quantitative estimate of drug-likeness (QED) is 0.793. The summed E-state index contributed by atoms with van der Waals surface area (Å²) in [6.45, 7) is 12.7. The molecular weight excluding hydrogens is 280 g/mol. The van der Waals surface area contributed by atoms with E-state index >= 15 is 0 Å². The molecule has 0 saturated heterocycles. The van der Waals surface area contributed by atoms with Crippen molar-refractivity contribution in [2.75, 3.05) is 13.2 Å². The van der Waals surface area contributed by atoms with Crippen molar-refractivity contribution in [2.45, 2.75) is 71.4 Å². The Morgan fingerprint density at radius 2 is 2.10 bits per heavy atom. The Kier molecular flexibility index (Phi) is 5.81. The molecule has 1 saturated carbocycles. The van der Waals surface area contributed by atoms with Crippen molar-refractivity contribution in [1.29, 1.82) is 0 Å². The van der Waals surface area contributed by atoms with E-state index < -0.39 is 0 Å². The van der Waals surface area contributed by atoms with E-state index in [1.807, 2.05) is 0 Å². The Hall–Kier alpha value is -0.450. The lowest BCUT2D eigenvalue weighted by Gasteiger charge is -2.27. The predicted molar refractivity (Wildman–Crippen MR) is 90.1 cm³/mol. The maximum absolute atomic E-state index is 6.04. The molecule has 1 aliphatic rings. The molecule has 0 spiro atoms. The van der Waals surface area contributed by atoms with Crippen LogP contribution < -0.4 is 5.32 Å². The minimum absolute atomic E-state index is 0.137. The predicted octanol–water partition coefficient (Wildman–Crippen LogP) is 3.78. The molecule has 1 aromatic rings. The Morgan fingerprint density at radius 1 is 1.38 bits per heavy atom. The third-order valence-corrected chi connectivity index (χ3v) is 4.89. The highest BCUT2D eigenvalue weighted by Crippen LogP contribution is 2.37. The first-order chi connectivity index (χ1) is 9.95. The number of likely N-dealkylation sites (N-methyl/N-ethyl adjacent to an activating group) is 1. The van der Waals surface area contributed by atoms with Crippen LogP contribution in [0.4, 0.5) is 0 Å². The lowest BCUT2D eigenvalue weighted by atomic mass is 9.93. The second kappa shape index (κ2) is 7.21. The normalized spacial score (nSPS) is 18.7. The summed E-state index contributed by atoms with van der Waals surface area (Å²) in [5, 5.41) is 7.07. The van der Waals surface area contributed by atoms with Gasteiger partial charge in [0.15, 0.2) is 0 Å². The van der Waals surface area contributed by atoms with E-state index in [1.54, 1.807) is 11.3 Å². The van der Waals surface area contributed by atoms with Gasteiger partial charge in [-0.2, -0.15) is 0 Å². The maximum atomic E-state index is 6.04. The monoisotopic (exact) mass is 310 g/mol. The summed E-state index contributed by atoms with van der Waals surface area (Å²) in [5.41, 5.74) is 1.34. The average Bonchev–Trinajstić information content (AvgIpc) is 3.13. The Bertz CT molecular complexity index is 434. The Balaban J connectivity index is 2.06. The van der Waals surface area contributed by atoms with Crippen molar-refractivity contribution in [3.8, 4) is 0 Å². The third kappa shape index (κ3) is 4.76. The van der Waals surface area contributed by atoms with Gasteiger partial charge in [-0.25, -0.2) is 4.98 Å². The molecule has 1 fully saturated rings. The van der Waals surface area contributed by atoms with E-state index in [-0.39, 0.29) is 5.41 Å². The molecule has 4 heteroatoms. The van der Waals surface area contributed by atoms with Crippen molar-refractivity contribution in [3.05, 3.63) is 16.1 Å². The molecule has 1 aliphatic carbocycles. The van der Waals surface area contributed by atoms with Crippen LogP contribution in [-0.4, -0.2) is 30.3 Å². The zero-order valence-electron chi connectivity index (χ0n) is 14.1. The summed E-state index contributed by atoms with van der Waals surface area (Å²) < 4.78 is 6.04. The number of thiazole rings is 1. The third-order valence-electron chi connectivity index (χ3n) is 4.02. The van der Waals surface area contributed by atoms with Crippen molar-refractivity contribution >= 4 is 11.3 Å². The van der Waals surface area contributed by atoms with Crippen molar-refractivity contribution < 1.29 is 4.74 Å². The molecule has 0 aromatic carbocycles. The fourth-order valence-electron chi connectivity index (χ4n) is 2.70. The van der Waals surface area contributed by atoms with Gasteiger partial charge in [-0.15, -0.1) is 11.3 Å². The molecular formula is C17H30N2OS. The molecule has 0 bridgehead atoms. The first kappa shape index (κ1) is 16.9. The summed E-state index contributed by atoms with van der Waals surface area (Å²) in [6.07, 6.45) is 3.96. The van der Waals surface area contributed by atoms with Crippen molar-refractivity contribution in [3.63, 3.8) is 0 Å². The van der Waals surface area contributed by atoms with Crippen LogP contribution in [0.25, 0.3) is 0 Å². The van der Waals surface area contributed by atoms with Crippen LogP contribution in [0.15, 0.2) is 5.38 Å². The molecule has 2 rings (SSSR count). The van der Waals surface area contributed by atoms with Gasteiger partial charge < -0.3 is 10.1 Å². The summed E-state index contributed by atoms with van der Waals surface area (Å²) in [7, 11) is 0. The Morgan fingerprint density at radius 3 is 2.57 bits per heavy atom. The fraction of sp³-hybridized carbons (Fsp3) is 0.824. The van der Waals surface area contributed by atoms with E-state index in [1.165, 1.54) is 23.5 Å². The van der Waals surface area contributed by atoms with E-state index in [2.05, 4.69) is 45.3 Å². The number of rotatable bonds is 8. The van der Waals surface area contributed by atoms with Crippen LogP contribution in [0.2, 0.25) is 0 Å². The first-order valence-corrected chi connectivity index (χ1v) is 9.13. The van der Waals surface area contributed by atoms with Crippen LogP contribution in [0.5, 0.6) is 0 Å². The number of ether oxygens (including phenoxy) is 1. The van der Waals surface area contributed by atoms with Crippen molar-refractivity contribution in [2.24, 2.45) is 5.92 Å². The van der Waals surface area contributed by atoms with E-state index in [0.717, 1.165) is 25.5 Å². The van der Waals surface area contributed by atoms with Gasteiger partial charge in [-0.05, 0) is 32.2 Å². The topological polar surface area (TPSA) is 34.2 Å². The molecule has 0 aliphatic heterocycles. The van der Waals surface area contributed by atoms with Crippen LogP contribution in [0.3, 0.4) is 0 Å². The van der Waals surface area contributed by atoms with Gasteiger partial charge in [0.05, 0.1) is 16.8 Å². The molecule has 2 atom stereocenters. The lowest BCUT2D eigenvalue weighted by molar-refractivity contribution is 0.0196. The Labute approximate surface area is 133 Å². The first-order valence-electron chi connectivity index (χ1n) is 8.25. The highest BCUT2D eigenvalue weighted by molar-refractivity contribution is 7.09. The van der Waals surface area contributed by atoms with Crippen LogP contribution in [-0.2, 0) is 16.6 Å². The molecule has 0 radical (unpaired) electrons. The van der Waals surface area contributed by atoms with E-state index in [0.29, 0.717) is 12.1 Å². The van der Waals surface area contributed by atoms with Crippen LogP contribution in [0, 0.1) is 5.92 Å². The minimum atomic E-state index is 0.137. The van der Waals surface area contributed by atoms with Crippen molar-refractivity contribution in [1.82, 2.24) is 10.3 Å². The zero-order valence-corrected chi connectivity index (χ0v) is 14.9. The van der Waals surface area contributed by atoms with E-state index in [4.69, 9.17) is 9.72 Å². The second-order valence-electron chi connectivity index (χ2n) is 7.00. The molecule has 120 valence electrons. The number of nitrogens with one attached hydrogen (secondary N) is 1. The zero-order chi connectivity index (χ0) is 15.5. The number of aromatic nitrogens is 1. The summed E-state index contributed by atoms with van der Waals surface area (Å²) in [5.74, 6) is 0.746. The molecule has 21 heavy (non-hydrogen) atoms. The van der Waals surface area contributed by atoms with Crippen LogP contribution in [0.1, 0.15) is 58.2 Å². The fourth-order valence-corrected chi connectivity index (χ4v) is 3.78. The molecule has 0 amide bonds. The largest absolute Gasteiger partial charge is 0.377 e. The number of nitrogens with zero attached hydrogens (tertiary/aromatic N) is 1. The van der Waals surface area contributed by atoms with E-state index in [9.17, 15) is 0 Å². The van der Waals surface area contributed by atoms with Gasteiger partial charge in [0, 0.05) is 29.9 Å². The molecule has 1 aromatic heterocycles. The number of hydrogen-bond donors (Lipinski definition) is 1. The average molecular weight is 311 g/mol. The van der Waals surface area contributed by atoms with Crippen LogP contribution >= 0.6 is 11.3 Å². The molecule has 1 heterocycles. The SMILES string of the molecule is CCNC(Cc1nc(C(C)(C)C)cs1)C(OCC)C1CC1. The lowest BCUT2D eigenvalue weighted by Crippen LogP contribution is -2.44. The second-order valence-corrected chi connectivity index (χ2v) is 7.94. The van der Waals surface area contributed by atoms with Gasteiger partial charge in [0.2, 0.25) is 0 Å². The highest BCUT2D eigenvalue weighted by atomic mass is 32.1. The standard InChI is InChI=1S/C17H30N2OS/c1-6-18-13(16(20-7-2)12-8-9-12)10-15-19-14(11-21-15)17(3,4)5/h11-13,16,18H,6-10H2,1-5H3. The van der Waals surface area contributed by atoms with Gasteiger partial charge in [-0.3, -0.25) is 0 Å². The summed E-state index contributed by atoms with van der Waals surface area (Å²) in [4.78, 5) is 4.85.